The van der Waals surface area contributed by atoms with Crippen molar-refractivity contribution < 1.29 is 19.1 Å². The van der Waals surface area contributed by atoms with Crippen LogP contribution in [-0.4, -0.2) is 44.9 Å². The number of anilines is 2. The number of carbonyl (C=O) groups is 2. The normalized spacial score (nSPS) is 11.6. The van der Waals surface area contributed by atoms with Gasteiger partial charge in [-0.3, -0.25) is 4.79 Å². The Labute approximate surface area is 130 Å². The van der Waals surface area contributed by atoms with Crippen LogP contribution < -0.4 is 16.0 Å². The molecular formula is C15H23N3O4. The fourth-order valence-corrected chi connectivity index (χ4v) is 1.58. The molecule has 0 bridgehead atoms. The predicted molar refractivity (Wildman–Crippen MR) is 85.1 cm³/mol. The number of amides is 3. The molecule has 3 N–H and O–H groups in total. The van der Waals surface area contributed by atoms with Crippen molar-refractivity contribution in [2.24, 2.45) is 0 Å². The summed E-state index contributed by atoms with van der Waals surface area (Å²) in [5.74, 6) is -0.233. The lowest BCUT2D eigenvalue weighted by molar-refractivity contribution is -0.127. The maximum Gasteiger partial charge on any atom is 0.318 e. The number of rotatable bonds is 8. The molecule has 1 rings (SSSR count). The van der Waals surface area contributed by atoms with Crippen molar-refractivity contribution in [2.75, 3.05) is 37.5 Å². The standard InChI is InChI=1S/C15H23N3O4/c1-4-21-9-10-22-11(2)14(19)17-12-5-7-13(8-6-12)18-15(20)16-3/h5-8,11H,4,9-10H2,1-3H3,(H,17,19)(H2,16,18,20)/t11-/m1/s1. The van der Waals surface area contributed by atoms with Gasteiger partial charge in [0.05, 0.1) is 13.2 Å². The average Bonchev–Trinajstić information content (AvgIpc) is 2.53. The zero-order valence-corrected chi connectivity index (χ0v) is 13.1. The van der Waals surface area contributed by atoms with Gasteiger partial charge in [0.25, 0.3) is 5.91 Å². The highest BCUT2D eigenvalue weighted by Crippen LogP contribution is 2.14. The van der Waals surface area contributed by atoms with Crippen LogP contribution in [0.3, 0.4) is 0 Å². The molecule has 1 atom stereocenters. The van der Waals surface area contributed by atoms with Crippen molar-refractivity contribution >= 4 is 23.3 Å². The Hall–Kier alpha value is -2.12. The van der Waals surface area contributed by atoms with E-state index in [0.29, 0.717) is 31.2 Å². The number of hydrogen-bond acceptors (Lipinski definition) is 4. The van der Waals surface area contributed by atoms with Gasteiger partial charge in [-0.1, -0.05) is 0 Å². The summed E-state index contributed by atoms with van der Waals surface area (Å²) in [6, 6.07) is 6.51. The first kappa shape index (κ1) is 17.9. The third-order valence-corrected chi connectivity index (χ3v) is 2.81. The quantitative estimate of drug-likeness (QED) is 0.639. The number of nitrogens with one attached hydrogen (secondary N) is 3. The maximum atomic E-state index is 11.9. The molecule has 0 fully saturated rings. The van der Waals surface area contributed by atoms with Crippen molar-refractivity contribution in [3.63, 3.8) is 0 Å². The minimum atomic E-state index is -0.566. The Morgan fingerprint density at radius 1 is 1.09 bits per heavy atom. The molecule has 3 amide bonds. The van der Waals surface area contributed by atoms with E-state index in [4.69, 9.17) is 9.47 Å². The van der Waals surface area contributed by atoms with Crippen LogP contribution in [0.1, 0.15) is 13.8 Å². The molecule has 0 saturated carbocycles. The van der Waals surface area contributed by atoms with E-state index in [9.17, 15) is 9.59 Å². The highest BCUT2D eigenvalue weighted by atomic mass is 16.5. The maximum absolute atomic E-state index is 11.9. The summed E-state index contributed by atoms with van der Waals surface area (Å²) >= 11 is 0. The molecule has 0 aromatic heterocycles. The molecule has 0 unspecified atom stereocenters. The topological polar surface area (TPSA) is 88.7 Å². The molecule has 1 aromatic carbocycles. The SMILES string of the molecule is CCOCCO[C@H](C)C(=O)Nc1ccc(NC(=O)NC)cc1. The smallest absolute Gasteiger partial charge is 0.318 e. The molecule has 7 nitrogen and oxygen atoms in total. The Kier molecular flexibility index (Phi) is 7.95. The van der Waals surface area contributed by atoms with E-state index in [1.54, 1.807) is 31.2 Å². The van der Waals surface area contributed by atoms with Gasteiger partial charge in [-0.25, -0.2) is 4.79 Å². The summed E-state index contributed by atoms with van der Waals surface area (Å²) in [6.07, 6.45) is -0.566. The first-order chi connectivity index (χ1) is 10.6. The van der Waals surface area contributed by atoms with Crippen LogP contribution in [0.2, 0.25) is 0 Å². The molecule has 0 saturated heterocycles. The number of benzene rings is 1. The second-order valence-electron chi connectivity index (χ2n) is 4.48. The fourth-order valence-electron chi connectivity index (χ4n) is 1.58. The van der Waals surface area contributed by atoms with E-state index in [1.807, 2.05) is 6.92 Å². The van der Waals surface area contributed by atoms with Gasteiger partial charge in [0.15, 0.2) is 0 Å². The molecule has 0 aliphatic rings. The van der Waals surface area contributed by atoms with Crippen molar-refractivity contribution in [2.45, 2.75) is 20.0 Å². The number of urea groups is 1. The van der Waals surface area contributed by atoms with Crippen LogP contribution in [0.15, 0.2) is 24.3 Å². The first-order valence-electron chi connectivity index (χ1n) is 7.15. The molecule has 0 spiro atoms. The molecule has 0 aliphatic carbocycles. The van der Waals surface area contributed by atoms with E-state index < -0.39 is 6.10 Å². The van der Waals surface area contributed by atoms with Gasteiger partial charge in [0, 0.05) is 25.0 Å². The largest absolute Gasteiger partial charge is 0.379 e. The highest BCUT2D eigenvalue weighted by Gasteiger charge is 2.13. The van der Waals surface area contributed by atoms with Gasteiger partial charge in [0.1, 0.15) is 6.10 Å². The lowest BCUT2D eigenvalue weighted by Crippen LogP contribution is -2.29. The highest BCUT2D eigenvalue weighted by molar-refractivity contribution is 5.94. The van der Waals surface area contributed by atoms with E-state index >= 15 is 0 Å². The predicted octanol–water partition coefficient (Wildman–Crippen LogP) is 1.82. The summed E-state index contributed by atoms with van der Waals surface area (Å²) in [4.78, 5) is 23.1. The molecule has 1 aromatic rings. The van der Waals surface area contributed by atoms with E-state index in [2.05, 4.69) is 16.0 Å². The molecule has 7 heteroatoms. The zero-order valence-electron chi connectivity index (χ0n) is 13.1. The van der Waals surface area contributed by atoms with Crippen molar-refractivity contribution in [3.8, 4) is 0 Å². The fraction of sp³-hybridized carbons (Fsp3) is 0.467. The summed E-state index contributed by atoms with van der Waals surface area (Å²) in [7, 11) is 1.54. The lowest BCUT2D eigenvalue weighted by Gasteiger charge is -2.13. The van der Waals surface area contributed by atoms with Crippen LogP contribution in [-0.2, 0) is 14.3 Å². The van der Waals surface area contributed by atoms with Gasteiger partial charge in [-0.05, 0) is 38.1 Å². The molecule has 0 heterocycles. The third kappa shape index (κ3) is 6.55. The second kappa shape index (κ2) is 9.75. The number of carbonyl (C=O) groups excluding carboxylic acids is 2. The summed E-state index contributed by atoms with van der Waals surface area (Å²) in [5, 5.41) is 7.83. The molecule has 0 aliphatic heterocycles. The van der Waals surface area contributed by atoms with Gasteiger partial charge < -0.3 is 25.4 Å². The van der Waals surface area contributed by atoms with Crippen molar-refractivity contribution in [3.05, 3.63) is 24.3 Å². The van der Waals surface area contributed by atoms with Crippen LogP contribution in [0.25, 0.3) is 0 Å². The number of ether oxygens (including phenoxy) is 2. The minimum Gasteiger partial charge on any atom is -0.379 e. The van der Waals surface area contributed by atoms with Gasteiger partial charge in [-0.2, -0.15) is 0 Å². The van der Waals surface area contributed by atoms with Gasteiger partial charge in [0.2, 0.25) is 0 Å². The Balaban J connectivity index is 2.42. The van der Waals surface area contributed by atoms with Crippen molar-refractivity contribution in [1.29, 1.82) is 0 Å². The van der Waals surface area contributed by atoms with Crippen LogP contribution in [0, 0.1) is 0 Å². The van der Waals surface area contributed by atoms with Crippen LogP contribution in [0.4, 0.5) is 16.2 Å². The van der Waals surface area contributed by atoms with E-state index in [-0.39, 0.29) is 11.9 Å². The lowest BCUT2D eigenvalue weighted by atomic mass is 10.2. The molecule has 0 radical (unpaired) electrons. The molecule has 122 valence electrons. The minimum absolute atomic E-state index is 0.233. The molecular weight excluding hydrogens is 286 g/mol. The van der Waals surface area contributed by atoms with Crippen LogP contribution in [0.5, 0.6) is 0 Å². The van der Waals surface area contributed by atoms with Gasteiger partial charge in [-0.15, -0.1) is 0 Å². The molecule has 22 heavy (non-hydrogen) atoms. The van der Waals surface area contributed by atoms with Crippen molar-refractivity contribution in [1.82, 2.24) is 5.32 Å². The van der Waals surface area contributed by atoms with E-state index in [0.717, 1.165) is 0 Å². The first-order valence-corrected chi connectivity index (χ1v) is 7.15. The second-order valence-corrected chi connectivity index (χ2v) is 4.48. The number of hydrogen-bond donors (Lipinski definition) is 3. The van der Waals surface area contributed by atoms with Gasteiger partial charge >= 0.3 is 6.03 Å². The Morgan fingerprint density at radius 2 is 1.68 bits per heavy atom. The van der Waals surface area contributed by atoms with Crippen LogP contribution >= 0.6 is 0 Å². The Bertz CT molecular complexity index is 476. The average molecular weight is 309 g/mol. The van der Waals surface area contributed by atoms with E-state index in [1.165, 1.54) is 7.05 Å². The Morgan fingerprint density at radius 3 is 2.23 bits per heavy atom. The monoisotopic (exact) mass is 309 g/mol. The third-order valence-electron chi connectivity index (χ3n) is 2.81. The zero-order chi connectivity index (χ0) is 16.4. The summed E-state index contributed by atoms with van der Waals surface area (Å²) in [5.41, 5.74) is 1.27. The summed E-state index contributed by atoms with van der Waals surface area (Å²) < 4.78 is 10.5. The summed E-state index contributed by atoms with van der Waals surface area (Å²) in [6.45, 7) is 5.05.